The molecule has 0 saturated carbocycles. The lowest BCUT2D eigenvalue weighted by molar-refractivity contribution is 0.556. The molecule has 0 saturated heterocycles. The maximum Gasteiger partial charge on any atom is 0.336 e. The summed E-state index contributed by atoms with van der Waals surface area (Å²) in [5.74, 6) is -0.278. The third-order valence-electron chi connectivity index (χ3n) is 2.34. The molecule has 0 spiro atoms. The molecule has 1 atom stereocenters. The van der Waals surface area contributed by atoms with Crippen molar-refractivity contribution in [1.29, 1.82) is 5.26 Å². The van der Waals surface area contributed by atoms with Crippen LogP contribution in [-0.2, 0) is 0 Å². The van der Waals surface area contributed by atoms with E-state index >= 15 is 0 Å². The molecular formula is C12H9NO2. The quantitative estimate of drug-likeness (QED) is 0.663. The highest BCUT2D eigenvalue weighted by atomic mass is 16.4. The molecule has 0 amide bonds. The fourth-order valence-electron chi connectivity index (χ4n) is 1.53. The Morgan fingerprint density at radius 3 is 2.87 bits per heavy atom. The second kappa shape index (κ2) is 3.58. The van der Waals surface area contributed by atoms with Gasteiger partial charge in [-0.25, -0.2) is 4.79 Å². The fourth-order valence-corrected chi connectivity index (χ4v) is 1.53. The number of hydrogen-bond donors (Lipinski definition) is 0. The minimum Gasteiger partial charge on any atom is -0.422 e. The molecule has 15 heavy (non-hydrogen) atoms. The molecule has 0 aliphatic rings. The summed E-state index contributed by atoms with van der Waals surface area (Å²) in [6.07, 6.45) is 0. The summed E-state index contributed by atoms with van der Waals surface area (Å²) in [6, 6.07) is 10.7. The minimum absolute atomic E-state index is 0.278. The predicted octanol–water partition coefficient (Wildman–Crippen LogP) is 2.42. The largest absolute Gasteiger partial charge is 0.422 e. The SMILES string of the molecule is CC(C#N)c1cccc2ccc(=O)oc12. The summed E-state index contributed by atoms with van der Waals surface area (Å²) in [5.41, 5.74) is 0.881. The van der Waals surface area contributed by atoms with Crippen LogP contribution in [0.1, 0.15) is 18.4 Å². The van der Waals surface area contributed by atoms with Gasteiger partial charge in [0, 0.05) is 17.0 Å². The zero-order valence-corrected chi connectivity index (χ0v) is 8.23. The van der Waals surface area contributed by atoms with Gasteiger partial charge < -0.3 is 4.42 Å². The van der Waals surface area contributed by atoms with Crippen LogP contribution in [0, 0.1) is 11.3 Å². The van der Waals surface area contributed by atoms with Gasteiger partial charge in [0.05, 0.1) is 12.0 Å². The molecule has 74 valence electrons. The fraction of sp³-hybridized carbons (Fsp3) is 0.167. The Bertz CT molecular complexity index is 592. The van der Waals surface area contributed by atoms with E-state index in [1.807, 2.05) is 12.1 Å². The minimum atomic E-state index is -0.389. The van der Waals surface area contributed by atoms with Crippen molar-refractivity contribution in [2.75, 3.05) is 0 Å². The van der Waals surface area contributed by atoms with Crippen LogP contribution in [0.3, 0.4) is 0 Å². The van der Waals surface area contributed by atoms with Gasteiger partial charge in [-0.3, -0.25) is 0 Å². The first-order valence-electron chi connectivity index (χ1n) is 4.65. The lowest BCUT2D eigenvalue weighted by Crippen LogP contribution is -1.98. The normalized spacial score (nSPS) is 12.3. The van der Waals surface area contributed by atoms with E-state index in [-0.39, 0.29) is 11.5 Å². The van der Waals surface area contributed by atoms with E-state index in [2.05, 4.69) is 6.07 Å². The van der Waals surface area contributed by atoms with Crippen molar-refractivity contribution in [2.24, 2.45) is 0 Å². The van der Waals surface area contributed by atoms with Gasteiger partial charge in [0.25, 0.3) is 0 Å². The van der Waals surface area contributed by atoms with E-state index in [4.69, 9.17) is 9.68 Å². The van der Waals surface area contributed by atoms with Crippen LogP contribution in [0.25, 0.3) is 11.0 Å². The maximum atomic E-state index is 11.1. The van der Waals surface area contributed by atoms with E-state index in [1.165, 1.54) is 6.07 Å². The van der Waals surface area contributed by atoms with Crippen molar-refractivity contribution in [3.05, 3.63) is 46.3 Å². The highest BCUT2D eigenvalue weighted by molar-refractivity contribution is 5.80. The molecule has 1 heterocycles. The number of hydrogen-bond acceptors (Lipinski definition) is 3. The summed E-state index contributed by atoms with van der Waals surface area (Å²) >= 11 is 0. The Morgan fingerprint density at radius 2 is 2.13 bits per heavy atom. The zero-order valence-electron chi connectivity index (χ0n) is 8.23. The Morgan fingerprint density at radius 1 is 1.33 bits per heavy atom. The van der Waals surface area contributed by atoms with Crippen LogP contribution >= 0.6 is 0 Å². The number of fused-ring (bicyclic) bond motifs is 1. The smallest absolute Gasteiger partial charge is 0.336 e. The average Bonchev–Trinajstić information content (AvgIpc) is 2.27. The number of para-hydroxylation sites is 1. The molecule has 1 unspecified atom stereocenters. The van der Waals surface area contributed by atoms with Gasteiger partial charge in [0.1, 0.15) is 5.58 Å². The third kappa shape index (κ3) is 1.62. The van der Waals surface area contributed by atoms with Gasteiger partial charge in [-0.05, 0) is 13.0 Å². The van der Waals surface area contributed by atoms with Crippen LogP contribution in [0.2, 0.25) is 0 Å². The van der Waals surface area contributed by atoms with E-state index in [0.717, 1.165) is 10.9 Å². The molecule has 3 nitrogen and oxygen atoms in total. The molecule has 0 aliphatic carbocycles. The topological polar surface area (TPSA) is 54.0 Å². The van der Waals surface area contributed by atoms with Crippen molar-refractivity contribution < 1.29 is 4.42 Å². The predicted molar refractivity (Wildman–Crippen MR) is 56.5 cm³/mol. The first-order valence-corrected chi connectivity index (χ1v) is 4.65. The molecule has 0 bridgehead atoms. The Balaban J connectivity index is 2.81. The molecule has 1 aromatic heterocycles. The zero-order chi connectivity index (χ0) is 10.8. The molecule has 2 rings (SSSR count). The number of nitrogens with zero attached hydrogens (tertiary/aromatic N) is 1. The maximum absolute atomic E-state index is 11.1. The standard InChI is InChI=1S/C12H9NO2/c1-8(7-13)10-4-2-3-9-5-6-11(14)15-12(9)10/h2-6,8H,1H3. The van der Waals surface area contributed by atoms with Crippen LogP contribution in [0.4, 0.5) is 0 Å². The monoisotopic (exact) mass is 199 g/mol. The lowest BCUT2D eigenvalue weighted by atomic mass is 10.0. The molecule has 3 heteroatoms. The number of rotatable bonds is 1. The molecular weight excluding hydrogens is 190 g/mol. The summed E-state index contributed by atoms with van der Waals surface area (Å²) < 4.78 is 5.11. The van der Waals surface area contributed by atoms with Gasteiger partial charge in [0.15, 0.2) is 0 Å². The molecule has 0 N–H and O–H groups in total. The van der Waals surface area contributed by atoms with Gasteiger partial charge in [-0.1, -0.05) is 18.2 Å². The average molecular weight is 199 g/mol. The molecule has 2 aromatic rings. The third-order valence-corrected chi connectivity index (χ3v) is 2.34. The number of benzene rings is 1. The van der Waals surface area contributed by atoms with Crippen molar-refractivity contribution >= 4 is 11.0 Å². The second-order valence-corrected chi connectivity index (χ2v) is 3.37. The lowest BCUT2D eigenvalue weighted by Gasteiger charge is -2.05. The second-order valence-electron chi connectivity index (χ2n) is 3.37. The number of nitriles is 1. The van der Waals surface area contributed by atoms with Gasteiger partial charge in [0.2, 0.25) is 0 Å². The molecule has 0 fully saturated rings. The van der Waals surface area contributed by atoms with E-state index < -0.39 is 0 Å². The molecule has 1 aromatic carbocycles. The van der Waals surface area contributed by atoms with Crippen molar-refractivity contribution in [3.8, 4) is 6.07 Å². The van der Waals surface area contributed by atoms with Crippen molar-refractivity contribution in [1.82, 2.24) is 0 Å². The highest BCUT2D eigenvalue weighted by Crippen LogP contribution is 2.23. The van der Waals surface area contributed by atoms with E-state index in [1.54, 1.807) is 19.1 Å². The molecule has 0 aliphatic heterocycles. The summed E-state index contributed by atoms with van der Waals surface area (Å²) in [7, 11) is 0. The summed E-state index contributed by atoms with van der Waals surface area (Å²) in [4.78, 5) is 11.1. The Hall–Kier alpha value is -2.08. The van der Waals surface area contributed by atoms with Crippen molar-refractivity contribution in [2.45, 2.75) is 12.8 Å². The van der Waals surface area contributed by atoms with Gasteiger partial charge in [-0.2, -0.15) is 5.26 Å². The van der Waals surface area contributed by atoms with E-state index in [0.29, 0.717) is 5.58 Å². The Labute approximate surface area is 86.6 Å². The highest BCUT2D eigenvalue weighted by Gasteiger charge is 2.10. The van der Waals surface area contributed by atoms with Gasteiger partial charge >= 0.3 is 5.63 Å². The van der Waals surface area contributed by atoms with Crippen LogP contribution in [0.15, 0.2) is 39.5 Å². The Kier molecular flexibility index (Phi) is 2.26. The van der Waals surface area contributed by atoms with Crippen LogP contribution < -0.4 is 5.63 Å². The van der Waals surface area contributed by atoms with E-state index in [9.17, 15) is 4.79 Å². The van der Waals surface area contributed by atoms with Crippen molar-refractivity contribution in [3.63, 3.8) is 0 Å². The first kappa shape index (κ1) is 9.47. The summed E-state index contributed by atoms with van der Waals surface area (Å²) in [6.45, 7) is 1.78. The van der Waals surface area contributed by atoms with Gasteiger partial charge in [-0.15, -0.1) is 0 Å². The summed E-state index contributed by atoms with van der Waals surface area (Å²) in [5, 5.41) is 9.69. The first-order chi connectivity index (χ1) is 7.22. The van der Waals surface area contributed by atoms with Crippen LogP contribution in [-0.4, -0.2) is 0 Å². The molecule has 0 radical (unpaired) electrons. The van der Waals surface area contributed by atoms with Crippen LogP contribution in [0.5, 0.6) is 0 Å².